The molecule has 1 N–H and O–H groups in total. The van der Waals surface area contributed by atoms with Crippen LogP contribution in [0.25, 0.3) is 0 Å². The minimum atomic E-state index is -0.167. The Morgan fingerprint density at radius 3 is 3.04 bits per heavy atom. The second-order valence-corrected chi connectivity index (χ2v) is 9.07. The van der Waals surface area contributed by atoms with E-state index < -0.39 is 0 Å². The number of fused-ring (bicyclic) bond motifs is 1. The number of allylic oxidation sites excluding steroid dienone is 2. The lowest BCUT2D eigenvalue weighted by atomic mass is 9.88. The molecule has 0 radical (unpaired) electrons. The molecule has 5 rings (SSSR count). The number of thiophene rings is 1. The van der Waals surface area contributed by atoms with E-state index in [2.05, 4.69) is 48.0 Å². The molecular formula is C21H20N4OS2. The summed E-state index contributed by atoms with van der Waals surface area (Å²) >= 11 is 3.29. The summed E-state index contributed by atoms with van der Waals surface area (Å²) in [5.41, 5.74) is 4.39. The van der Waals surface area contributed by atoms with Gasteiger partial charge in [-0.3, -0.25) is 4.79 Å². The summed E-state index contributed by atoms with van der Waals surface area (Å²) in [5.74, 6) is 1.78. The molecule has 2 aliphatic rings. The number of thioether (sulfide) groups is 1. The van der Waals surface area contributed by atoms with Crippen LogP contribution in [-0.4, -0.2) is 20.5 Å². The van der Waals surface area contributed by atoms with E-state index in [9.17, 15) is 4.79 Å². The number of nitrogens with zero attached hydrogens (tertiary/aromatic N) is 3. The second-order valence-electron chi connectivity index (χ2n) is 7.15. The summed E-state index contributed by atoms with van der Waals surface area (Å²) in [5, 5.41) is 11.0. The Labute approximate surface area is 171 Å². The van der Waals surface area contributed by atoms with Crippen molar-refractivity contribution in [3.8, 4) is 0 Å². The number of carbonyl (C=O) groups is 1. The van der Waals surface area contributed by atoms with E-state index in [1.54, 1.807) is 23.1 Å². The first-order valence-electron chi connectivity index (χ1n) is 9.40. The zero-order chi connectivity index (χ0) is 19.1. The molecule has 28 heavy (non-hydrogen) atoms. The highest BCUT2D eigenvalue weighted by Crippen LogP contribution is 2.41. The summed E-state index contributed by atoms with van der Waals surface area (Å²) in [4.78, 5) is 18.6. The van der Waals surface area contributed by atoms with E-state index in [-0.39, 0.29) is 11.8 Å². The summed E-state index contributed by atoms with van der Waals surface area (Å²) in [6.07, 6.45) is 2.40. The van der Waals surface area contributed by atoms with Gasteiger partial charge >= 0.3 is 0 Å². The molecule has 7 heteroatoms. The van der Waals surface area contributed by atoms with Gasteiger partial charge < -0.3 is 5.32 Å². The Morgan fingerprint density at radius 2 is 2.21 bits per heavy atom. The molecule has 1 unspecified atom stereocenters. The van der Waals surface area contributed by atoms with Gasteiger partial charge in [-0.15, -0.1) is 16.4 Å². The number of nitrogens with one attached hydrogen (secondary N) is 1. The van der Waals surface area contributed by atoms with Crippen molar-refractivity contribution < 1.29 is 4.79 Å². The highest BCUT2D eigenvalue weighted by Gasteiger charge is 2.37. The number of benzene rings is 1. The van der Waals surface area contributed by atoms with E-state index in [1.807, 2.05) is 10.7 Å². The number of aromatic nitrogens is 3. The maximum absolute atomic E-state index is 12.7. The highest BCUT2D eigenvalue weighted by atomic mass is 32.2. The van der Waals surface area contributed by atoms with Crippen LogP contribution in [0, 0.1) is 6.92 Å². The van der Waals surface area contributed by atoms with E-state index in [4.69, 9.17) is 10.1 Å². The summed E-state index contributed by atoms with van der Waals surface area (Å²) in [7, 11) is 0. The molecule has 0 amide bonds. The lowest BCUT2D eigenvalue weighted by molar-refractivity contribution is -0.116. The SMILES string of the molecule is Cc1cccc(CSc2nc3n(n2)C(c2cccs2)C2=C(CCCC2=O)N3)c1. The van der Waals surface area contributed by atoms with Crippen molar-refractivity contribution >= 4 is 34.8 Å². The third-order valence-electron chi connectivity index (χ3n) is 5.11. The molecule has 3 heterocycles. The number of aryl methyl sites for hydroxylation is 1. The predicted molar refractivity (Wildman–Crippen MR) is 113 cm³/mol. The van der Waals surface area contributed by atoms with Crippen LogP contribution in [-0.2, 0) is 10.5 Å². The van der Waals surface area contributed by atoms with Gasteiger partial charge in [-0.05, 0) is 36.8 Å². The van der Waals surface area contributed by atoms with Crippen LogP contribution in [0.2, 0.25) is 0 Å². The number of Topliss-reactive ketones (excluding diaryl/α,β-unsaturated/α-hetero) is 1. The smallest absolute Gasteiger partial charge is 0.227 e. The second kappa shape index (κ2) is 7.22. The molecule has 0 bridgehead atoms. The minimum Gasteiger partial charge on any atom is -0.328 e. The fourth-order valence-corrected chi connectivity index (χ4v) is 5.45. The van der Waals surface area contributed by atoms with Gasteiger partial charge in [-0.2, -0.15) is 4.98 Å². The van der Waals surface area contributed by atoms with Gasteiger partial charge in [0.1, 0.15) is 6.04 Å². The zero-order valence-corrected chi connectivity index (χ0v) is 17.1. The molecule has 3 aromatic rings. The van der Waals surface area contributed by atoms with Gasteiger partial charge in [0, 0.05) is 28.3 Å². The fraction of sp³-hybridized carbons (Fsp3) is 0.286. The average molecular weight is 409 g/mol. The molecular weight excluding hydrogens is 388 g/mol. The molecule has 1 aliphatic carbocycles. The van der Waals surface area contributed by atoms with E-state index in [1.165, 1.54) is 11.1 Å². The Bertz CT molecular complexity index is 1070. The monoisotopic (exact) mass is 408 g/mol. The normalized spacial score (nSPS) is 18.6. The number of ketones is 1. The third kappa shape index (κ3) is 3.18. The van der Waals surface area contributed by atoms with Crippen LogP contribution < -0.4 is 5.32 Å². The van der Waals surface area contributed by atoms with Gasteiger partial charge in [0.05, 0.1) is 0 Å². The van der Waals surface area contributed by atoms with E-state index in [0.29, 0.717) is 6.42 Å². The number of hydrogen-bond acceptors (Lipinski definition) is 6. The van der Waals surface area contributed by atoms with Gasteiger partial charge in [0.15, 0.2) is 5.78 Å². The first kappa shape index (κ1) is 17.7. The Balaban J connectivity index is 1.48. The molecule has 1 atom stereocenters. The largest absolute Gasteiger partial charge is 0.328 e. The van der Waals surface area contributed by atoms with Crippen molar-refractivity contribution in [1.29, 1.82) is 0 Å². The van der Waals surface area contributed by atoms with Crippen molar-refractivity contribution in [3.63, 3.8) is 0 Å². The van der Waals surface area contributed by atoms with Crippen LogP contribution in [0.15, 0.2) is 58.2 Å². The quantitative estimate of drug-likeness (QED) is 0.618. The van der Waals surface area contributed by atoms with Crippen molar-refractivity contribution in [1.82, 2.24) is 14.8 Å². The Kier molecular flexibility index (Phi) is 4.56. The average Bonchev–Trinajstić information content (AvgIpc) is 3.34. The van der Waals surface area contributed by atoms with Crippen molar-refractivity contribution in [3.05, 3.63) is 69.1 Å². The number of anilines is 1. The first-order chi connectivity index (χ1) is 13.7. The van der Waals surface area contributed by atoms with Crippen molar-refractivity contribution in [2.75, 3.05) is 5.32 Å². The van der Waals surface area contributed by atoms with Gasteiger partial charge in [0.2, 0.25) is 11.1 Å². The molecule has 5 nitrogen and oxygen atoms in total. The van der Waals surface area contributed by atoms with Gasteiger partial charge in [-0.1, -0.05) is 47.7 Å². The molecule has 1 aliphatic heterocycles. The maximum Gasteiger partial charge on any atom is 0.227 e. The van der Waals surface area contributed by atoms with Crippen molar-refractivity contribution in [2.24, 2.45) is 0 Å². The van der Waals surface area contributed by atoms with Crippen LogP contribution in [0.3, 0.4) is 0 Å². The Hall–Kier alpha value is -2.38. The summed E-state index contributed by atoms with van der Waals surface area (Å²) in [6.45, 7) is 2.10. The molecule has 0 saturated heterocycles. The van der Waals surface area contributed by atoms with Gasteiger partial charge in [0.25, 0.3) is 0 Å². The van der Waals surface area contributed by atoms with Crippen LogP contribution in [0.4, 0.5) is 5.95 Å². The number of rotatable bonds is 4. The van der Waals surface area contributed by atoms with E-state index >= 15 is 0 Å². The highest BCUT2D eigenvalue weighted by molar-refractivity contribution is 7.98. The Morgan fingerprint density at radius 1 is 1.29 bits per heavy atom. The standard InChI is InChI=1S/C21H20N4OS2/c1-13-5-2-6-14(11-13)12-28-21-23-20-22-15-7-3-8-16(26)18(15)19(25(20)24-21)17-9-4-10-27-17/h2,4-6,9-11,19H,3,7-8,12H2,1H3,(H,22,23,24). The molecule has 1 aromatic carbocycles. The van der Waals surface area contributed by atoms with Gasteiger partial charge in [-0.25, -0.2) is 4.68 Å². The third-order valence-corrected chi connectivity index (χ3v) is 6.95. The van der Waals surface area contributed by atoms with Crippen LogP contribution in [0.5, 0.6) is 0 Å². The minimum absolute atomic E-state index is 0.167. The molecule has 0 spiro atoms. The number of hydrogen-bond donors (Lipinski definition) is 1. The lowest BCUT2D eigenvalue weighted by Gasteiger charge is -2.31. The van der Waals surface area contributed by atoms with Crippen LogP contribution >= 0.6 is 23.1 Å². The fourth-order valence-electron chi connectivity index (χ4n) is 3.86. The number of carbonyl (C=O) groups excluding carboxylic acids is 1. The lowest BCUT2D eigenvalue weighted by Crippen LogP contribution is -2.31. The van der Waals surface area contributed by atoms with Crippen LogP contribution in [0.1, 0.15) is 41.3 Å². The van der Waals surface area contributed by atoms with E-state index in [0.717, 1.165) is 45.8 Å². The maximum atomic E-state index is 12.7. The topological polar surface area (TPSA) is 59.8 Å². The summed E-state index contributed by atoms with van der Waals surface area (Å²) in [6, 6.07) is 12.4. The predicted octanol–water partition coefficient (Wildman–Crippen LogP) is 4.96. The first-order valence-corrected chi connectivity index (χ1v) is 11.3. The molecule has 2 aromatic heterocycles. The molecule has 142 valence electrons. The molecule has 0 saturated carbocycles. The van der Waals surface area contributed by atoms with Crippen molar-refractivity contribution in [2.45, 2.75) is 43.1 Å². The zero-order valence-electron chi connectivity index (χ0n) is 15.5. The summed E-state index contributed by atoms with van der Waals surface area (Å²) < 4.78 is 1.90. The molecule has 0 fully saturated rings.